The number of thiophene rings is 1. The predicted octanol–water partition coefficient (Wildman–Crippen LogP) is 4.57. The molecule has 0 nitrogen and oxygen atoms in total. The van der Waals surface area contributed by atoms with Gasteiger partial charge in [0.05, 0.1) is 0 Å². The Morgan fingerprint density at radius 3 is 2.93 bits per heavy atom. The molecule has 2 unspecified atom stereocenters. The summed E-state index contributed by atoms with van der Waals surface area (Å²) in [5.74, 6) is 0.838. The lowest BCUT2D eigenvalue weighted by atomic mass is 10.0. The monoisotopic (exact) mass is 280 g/mol. The number of fused-ring (bicyclic) bond motifs is 1. The summed E-state index contributed by atoms with van der Waals surface area (Å²) in [7, 11) is 0. The van der Waals surface area contributed by atoms with E-state index < -0.39 is 0 Å². The Morgan fingerprint density at radius 2 is 2.27 bits per heavy atom. The molecule has 78 valence electrons. The topological polar surface area (TPSA) is 0 Å². The zero-order chi connectivity index (χ0) is 10.5. The van der Waals surface area contributed by atoms with Gasteiger partial charge in [-0.05, 0) is 29.9 Å². The van der Waals surface area contributed by atoms with Crippen molar-refractivity contribution in [2.75, 3.05) is 5.33 Å². The molecule has 1 aromatic heterocycles. The molecule has 0 aliphatic heterocycles. The van der Waals surface area contributed by atoms with E-state index in [1.54, 1.807) is 4.88 Å². The molecule has 2 aromatic rings. The fourth-order valence-electron chi connectivity index (χ4n) is 2.24. The van der Waals surface area contributed by atoms with E-state index in [2.05, 4.69) is 53.2 Å². The highest BCUT2D eigenvalue weighted by molar-refractivity contribution is 9.09. The number of rotatable bonds is 2. The summed E-state index contributed by atoms with van der Waals surface area (Å²) < 4.78 is 1.42. The minimum Gasteiger partial charge on any atom is -0.140 e. The van der Waals surface area contributed by atoms with E-state index in [-0.39, 0.29) is 0 Å². The largest absolute Gasteiger partial charge is 0.140 e. The highest BCUT2D eigenvalue weighted by Crippen LogP contribution is 2.57. The summed E-state index contributed by atoms with van der Waals surface area (Å²) in [4.78, 5) is 1.56. The van der Waals surface area contributed by atoms with Gasteiger partial charge in [-0.25, -0.2) is 0 Å². The predicted molar refractivity (Wildman–Crippen MR) is 71.1 cm³/mol. The molecule has 2 atom stereocenters. The third kappa shape index (κ3) is 1.46. The maximum Gasteiger partial charge on any atom is 0.0345 e. The van der Waals surface area contributed by atoms with Crippen molar-refractivity contribution in [1.82, 2.24) is 0 Å². The molecule has 1 heterocycles. The van der Waals surface area contributed by atoms with Crippen molar-refractivity contribution < 1.29 is 0 Å². The van der Waals surface area contributed by atoms with Crippen LogP contribution in [0.5, 0.6) is 0 Å². The second-order valence-electron chi connectivity index (χ2n) is 4.62. The van der Waals surface area contributed by atoms with Crippen LogP contribution in [0.25, 0.3) is 10.1 Å². The second kappa shape index (κ2) is 3.33. The first-order chi connectivity index (χ1) is 7.24. The first-order valence-corrected chi connectivity index (χ1v) is 7.23. The lowest BCUT2D eigenvalue weighted by molar-refractivity contribution is 0.726. The summed E-state index contributed by atoms with van der Waals surface area (Å²) in [6.45, 7) is 2.39. The van der Waals surface area contributed by atoms with Crippen LogP contribution in [-0.2, 0) is 5.41 Å². The molecule has 1 aliphatic carbocycles. The highest BCUT2D eigenvalue weighted by Gasteiger charge is 2.51. The van der Waals surface area contributed by atoms with Crippen molar-refractivity contribution in [3.63, 3.8) is 0 Å². The molecular formula is C13H13BrS. The molecule has 0 bridgehead atoms. The molecular weight excluding hydrogens is 268 g/mol. The average molecular weight is 281 g/mol. The van der Waals surface area contributed by atoms with E-state index in [9.17, 15) is 0 Å². The molecule has 1 fully saturated rings. The molecule has 0 spiro atoms. The summed E-state index contributed by atoms with van der Waals surface area (Å²) >= 11 is 5.56. The number of halogens is 1. The zero-order valence-electron chi connectivity index (χ0n) is 8.66. The molecule has 0 radical (unpaired) electrons. The van der Waals surface area contributed by atoms with Gasteiger partial charge in [-0.2, -0.15) is 0 Å². The Morgan fingerprint density at radius 1 is 1.47 bits per heavy atom. The summed E-state index contributed by atoms with van der Waals surface area (Å²) in [5, 5.41) is 2.54. The van der Waals surface area contributed by atoms with Crippen molar-refractivity contribution in [2.45, 2.75) is 18.8 Å². The molecule has 0 saturated heterocycles. The Balaban J connectivity index is 2.06. The molecule has 1 aromatic carbocycles. The van der Waals surface area contributed by atoms with Gasteiger partial charge >= 0.3 is 0 Å². The van der Waals surface area contributed by atoms with Gasteiger partial charge in [0, 0.05) is 20.3 Å². The Bertz CT molecular complexity index is 469. The van der Waals surface area contributed by atoms with Crippen LogP contribution in [0.4, 0.5) is 0 Å². The van der Waals surface area contributed by atoms with Crippen LogP contribution in [-0.4, -0.2) is 5.33 Å². The van der Waals surface area contributed by atoms with Crippen molar-refractivity contribution in [1.29, 1.82) is 0 Å². The average Bonchev–Trinajstić information content (AvgIpc) is 2.76. The van der Waals surface area contributed by atoms with Crippen LogP contribution < -0.4 is 0 Å². The first-order valence-electron chi connectivity index (χ1n) is 5.29. The lowest BCUT2D eigenvalue weighted by Crippen LogP contribution is -2.01. The third-order valence-electron chi connectivity index (χ3n) is 3.59. The molecule has 1 aliphatic rings. The van der Waals surface area contributed by atoms with E-state index in [0.717, 1.165) is 11.2 Å². The maximum atomic E-state index is 3.60. The van der Waals surface area contributed by atoms with Gasteiger partial charge < -0.3 is 0 Å². The normalized spacial score (nSPS) is 29.6. The molecule has 15 heavy (non-hydrogen) atoms. The molecule has 0 amide bonds. The van der Waals surface area contributed by atoms with E-state index in [1.165, 1.54) is 16.5 Å². The van der Waals surface area contributed by atoms with Gasteiger partial charge in [-0.15, -0.1) is 11.3 Å². The first kappa shape index (κ1) is 9.86. The van der Waals surface area contributed by atoms with Gasteiger partial charge in [0.15, 0.2) is 0 Å². The number of hydrogen-bond donors (Lipinski definition) is 0. The van der Waals surface area contributed by atoms with Crippen LogP contribution in [0.1, 0.15) is 18.2 Å². The third-order valence-corrected chi connectivity index (χ3v) is 5.76. The minimum absolute atomic E-state index is 0.452. The van der Waals surface area contributed by atoms with Crippen molar-refractivity contribution in [2.24, 2.45) is 5.92 Å². The molecule has 2 heteroatoms. The number of alkyl halides is 1. The molecule has 3 rings (SSSR count). The molecule has 1 saturated carbocycles. The summed E-state index contributed by atoms with van der Waals surface area (Å²) in [6.07, 6.45) is 1.34. The standard InChI is InChI=1S/C13H13BrS/c1-13(7-10(13)8-14)12-6-9-4-2-3-5-11(9)15-12/h2-6,10H,7-8H2,1H3. The van der Waals surface area contributed by atoms with Gasteiger partial charge in [0.25, 0.3) is 0 Å². The van der Waals surface area contributed by atoms with Gasteiger partial charge in [-0.1, -0.05) is 41.1 Å². The lowest BCUT2D eigenvalue weighted by Gasteiger charge is -2.05. The zero-order valence-corrected chi connectivity index (χ0v) is 11.1. The van der Waals surface area contributed by atoms with Crippen LogP contribution in [0.3, 0.4) is 0 Å². The summed E-state index contributed by atoms with van der Waals surface area (Å²) in [5.41, 5.74) is 0.452. The molecule has 0 N–H and O–H groups in total. The van der Waals surface area contributed by atoms with E-state index in [4.69, 9.17) is 0 Å². The van der Waals surface area contributed by atoms with Gasteiger partial charge in [0.1, 0.15) is 0 Å². The van der Waals surface area contributed by atoms with Crippen LogP contribution in [0, 0.1) is 5.92 Å². The van der Waals surface area contributed by atoms with E-state index in [1.807, 2.05) is 11.3 Å². The Hall–Kier alpha value is -0.340. The van der Waals surface area contributed by atoms with E-state index >= 15 is 0 Å². The fraction of sp³-hybridized carbons (Fsp3) is 0.385. The van der Waals surface area contributed by atoms with Gasteiger partial charge in [0.2, 0.25) is 0 Å². The van der Waals surface area contributed by atoms with Gasteiger partial charge in [-0.3, -0.25) is 0 Å². The van der Waals surface area contributed by atoms with Crippen molar-refractivity contribution in [3.05, 3.63) is 35.2 Å². The van der Waals surface area contributed by atoms with Crippen molar-refractivity contribution in [3.8, 4) is 0 Å². The minimum atomic E-state index is 0.452. The number of hydrogen-bond acceptors (Lipinski definition) is 1. The van der Waals surface area contributed by atoms with Crippen LogP contribution >= 0.6 is 27.3 Å². The van der Waals surface area contributed by atoms with Crippen molar-refractivity contribution >= 4 is 37.4 Å². The van der Waals surface area contributed by atoms with Crippen LogP contribution in [0.15, 0.2) is 30.3 Å². The Kier molecular flexibility index (Phi) is 2.18. The smallest absolute Gasteiger partial charge is 0.0345 e. The Labute approximate surface area is 102 Å². The summed E-state index contributed by atoms with van der Waals surface area (Å²) in [6, 6.07) is 11.1. The SMILES string of the molecule is CC1(c2cc3ccccc3s2)CC1CBr. The number of benzene rings is 1. The van der Waals surface area contributed by atoms with Crippen LogP contribution in [0.2, 0.25) is 0 Å². The quantitative estimate of drug-likeness (QED) is 0.707. The van der Waals surface area contributed by atoms with E-state index in [0.29, 0.717) is 5.41 Å². The fourth-order valence-corrected chi connectivity index (χ4v) is 4.48. The maximum absolute atomic E-state index is 3.60. The second-order valence-corrected chi connectivity index (χ2v) is 6.35. The highest BCUT2D eigenvalue weighted by atomic mass is 79.9.